The Hall–Kier alpha value is -2.66. The summed E-state index contributed by atoms with van der Waals surface area (Å²) in [5, 5.41) is 3.55. The van der Waals surface area contributed by atoms with Crippen molar-refractivity contribution in [3.05, 3.63) is 101 Å². The van der Waals surface area contributed by atoms with E-state index in [1.165, 1.54) is 11.1 Å². The van der Waals surface area contributed by atoms with Crippen LogP contribution in [0.4, 0.5) is 5.69 Å². The molecule has 4 nitrogen and oxygen atoms in total. The SMILES string of the molecule is Cc1ccc(NC2OC(C(C)c3ccccc3)OOC2(C)c2ccccc2)cc1C. The van der Waals surface area contributed by atoms with Gasteiger partial charge in [-0.1, -0.05) is 73.7 Å². The van der Waals surface area contributed by atoms with Crippen molar-refractivity contribution >= 4 is 5.69 Å². The Morgan fingerprint density at radius 1 is 0.867 bits per heavy atom. The van der Waals surface area contributed by atoms with Crippen LogP contribution in [0, 0.1) is 13.8 Å². The number of nitrogens with one attached hydrogen (secondary N) is 1. The van der Waals surface area contributed by atoms with E-state index in [4.69, 9.17) is 14.5 Å². The molecule has 156 valence electrons. The molecule has 1 aliphatic heterocycles. The van der Waals surface area contributed by atoms with Crippen LogP contribution in [-0.4, -0.2) is 12.5 Å². The lowest BCUT2D eigenvalue weighted by atomic mass is 9.92. The summed E-state index contributed by atoms with van der Waals surface area (Å²) in [6, 6.07) is 26.6. The lowest BCUT2D eigenvalue weighted by Gasteiger charge is -2.44. The highest BCUT2D eigenvalue weighted by Gasteiger charge is 2.47. The van der Waals surface area contributed by atoms with Crippen molar-refractivity contribution in [2.75, 3.05) is 5.32 Å². The van der Waals surface area contributed by atoms with E-state index >= 15 is 0 Å². The van der Waals surface area contributed by atoms with Gasteiger partial charge in [-0.25, -0.2) is 9.78 Å². The molecule has 1 saturated heterocycles. The molecule has 0 aromatic heterocycles. The minimum Gasteiger partial charge on any atom is -0.357 e. The average molecular weight is 404 g/mol. The molecule has 0 bridgehead atoms. The van der Waals surface area contributed by atoms with Crippen LogP contribution in [-0.2, 0) is 20.1 Å². The molecule has 30 heavy (non-hydrogen) atoms. The highest BCUT2D eigenvalue weighted by molar-refractivity contribution is 5.49. The molecule has 4 heteroatoms. The minimum absolute atomic E-state index is 0.00979. The molecule has 0 radical (unpaired) electrons. The van der Waals surface area contributed by atoms with Crippen LogP contribution >= 0.6 is 0 Å². The molecule has 1 heterocycles. The molecule has 4 unspecified atom stereocenters. The van der Waals surface area contributed by atoms with E-state index in [2.05, 4.69) is 56.4 Å². The number of hydrogen-bond donors (Lipinski definition) is 1. The first-order valence-electron chi connectivity index (χ1n) is 10.4. The Morgan fingerprint density at radius 3 is 2.20 bits per heavy atom. The van der Waals surface area contributed by atoms with E-state index < -0.39 is 18.1 Å². The third-order valence-corrected chi connectivity index (χ3v) is 5.97. The standard InChI is InChI=1S/C26H29NO3/c1-18-15-16-23(17-19(18)2)27-25-26(4,22-13-9-6-10-14-22)30-29-24(28-25)20(3)21-11-7-5-8-12-21/h5-17,20,24-25,27H,1-4H3. The Morgan fingerprint density at radius 2 is 1.53 bits per heavy atom. The van der Waals surface area contributed by atoms with Gasteiger partial charge in [-0.15, -0.1) is 0 Å². The number of ether oxygens (including phenoxy) is 1. The fourth-order valence-electron chi connectivity index (χ4n) is 3.72. The van der Waals surface area contributed by atoms with Crippen molar-refractivity contribution in [1.82, 2.24) is 0 Å². The molecule has 1 aliphatic rings. The molecule has 4 atom stereocenters. The van der Waals surface area contributed by atoms with Gasteiger partial charge in [0, 0.05) is 11.6 Å². The molecular weight excluding hydrogens is 374 g/mol. The van der Waals surface area contributed by atoms with E-state index in [0.29, 0.717) is 0 Å². The Balaban J connectivity index is 1.64. The minimum atomic E-state index is -0.813. The summed E-state index contributed by atoms with van der Waals surface area (Å²) < 4.78 is 6.49. The van der Waals surface area contributed by atoms with Crippen LogP contribution in [0.15, 0.2) is 78.9 Å². The molecule has 0 amide bonds. The average Bonchev–Trinajstić information content (AvgIpc) is 2.78. The smallest absolute Gasteiger partial charge is 0.200 e. The highest BCUT2D eigenvalue weighted by atomic mass is 17.2. The molecular formula is C26H29NO3. The van der Waals surface area contributed by atoms with Crippen LogP contribution in [0.5, 0.6) is 0 Å². The summed E-state index contributed by atoms with van der Waals surface area (Å²) in [5.41, 5.74) is 4.78. The van der Waals surface area contributed by atoms with Crippen LogP contribution in [0.3, 0.4) is 0 Å². The lowest BCUT2D eigenvalue weighted by molar-refractivity contribution is -0.490. The summed E-state index contributed by atoms with van der Waals surface area (Å²) >= 11 is 0. The molecule has 4 rings (SSSR count). The number of rotatable bonds is 5. The van der Waals surface area contributed by atoms with Crippen molar-refractivity contribution in [3.8, 4) is 0 Å². The monoisotopic (exact) mass is 403 g/mol. The van der Waals surface area contributed by atoms with Crippen molar-refractivity contribution in [2.24, 2.45) is 0 Å². The molecule has 0 spiro atoms. The van der Waals surface area contributed by atoms with E-state index in [0.717, 1.165) is 16.8 Å². The quantitative estimate of drug-likeness (QED) is 0.525. The maximum absolute atomic E-state index is 6.49. The van der Waals surface area contributed by atoms with E-state index in [9.17, 15) is 0 Å². The van der Waals surface area contributed by atoms with Crippen molar-refractivity contribution in [2.45, 2.75) is 51.7 Å². The van der Waals surface area contributed by atoms with Crippen LogP contribution in [0.1, 0.15) is 42.0 Å². The summed E-state index contributed by atoms with van der Waals surface area (Å²) in [6.07, 6.45) is -0.972. The van der Waals surface area contributed by atoms with Crippen LogP contribution in [0.2, 0.25) is 0 Å². The first kappa shape index (κ1) is 20.6. The van der Waals surface area contributed by atoms with Gasteiger partial charge >= 0.3 is 0 Å². The van der Waals surface area contributed by atoms with Gasteiger partial charge in [-0.2, -0.15) is 0 Å². The maximum atomic E-state index is 6.49. The number of aryl methyl sites for hydroxylation is 2. The van der Waals surface area contributed by atoms with Crippen molar-refractivity contribution < 1.29 is 14.5 Å². The van der Waals surface area contributed by atoms with Gasteiger partial charge in [0.25, 0.3) is 0 Å². The fraction of sp³-hybridized carbons (Fsp3) is 0.308. The highest BCUT2D eigenvalue weighted by Crippen LogP contribution is 2.39. The first-order valence-corrected chi connectivity index (χ1v) is 10.4. The Bertz CT molecular complexity index is 976. The lowest BCUT2D eigenvalue weighted by Crippen LogP contribution is -2.53. The second kappa shape index (κ2) is 8.60. The third-order valence-electron chi connectivity index (χ3n) is 5.97. The van der Waals surface area contributed by atoms with Gasteiger partial charge in [-0.3, -0.25) is 0 Å². The predicted octanol–water partition coefficient (Wildman–Crippen LogP) is 6.07. The topological polar surface area (TPSA) is 39.7 Å². The Kier molecular flexibility index (Phi) is 5.91. The van der Waals surface area contributed by atoms with E-state index in [-0.39, 0.29) is 5.92 Å². The second-order valence-electron chi connectivity index (χ2n) is 8.18. The summed E-state index contributed by atoms with van der Waals surface area (Å²) in [5.74, 6) is 0.00979. The second-order valence-corrected chi connectivity index (χ2v) is 8.18. The van der Waals surface area contributed by atoms with Crippen LogP contribution in [0.25, 0.3) is 0 Å². The summed E-state index contributed by atoms with van der Waals surface area (Å²) in [6.45, 7) is 8.30. The molecule has 0 aliphatic carbocycles. The molecule has 1 N–H and O–H groups in total. The summed E-state index contributed by atoms with van der Waals surface area (Å²) in [4.78, 5) is 11.9. The molecule has 1 fully saturated rings. The van der Waals surface area contributed by atoms with E-state index in [1.807, 2.05) is 55.5 Å². The molecule has 0 saturated carbocycles. The maximum Gasteiger partial charge on any atom is 0.200 e. The van der Waals surface area contributed by atoms with Gasteiger partial charge in [0.1, 0.15) is 0 Å². The van der Waals surface area contributed by atoms with Crippen LogP contribution < -0.4 is 5.32 Å². The Labute approximate surface area is 178 Å². The van der Waals surface area contributed by atoms with Crippen molar-refractivity contribution in [1.29, 1.82) is 0 Å². The molecule has 3 aromatic rings. The first-order chi connectivity index (χ1) is 14.5. The van der Waals surface area contributed by atoms with Gasteiger partial charge < -0.3 is 10.1 Å². The normalized spacial score (nSPS) is 24.9. The van der Waals surface area contributed by atoms with Gasteiger partial charge in [0.2, 0.25) is 0 Å². The van der Waals surface area contributed by atoms with Crippen molar-refractivity contribution in [3.63, 3.8) is 0 Å². The third kappa shape index (κ3) is 4.12. The fourth-order valence-corrected chi connectivity index (χ4v) is 3.72. The molecule has 3 aromatic carbocycles. The summed E-state index contributed by atoms with van der Waals surface area (Å²) in [7, 11) is 0. The number of benzene rings is 3. The zero-order valence-electron chi connectivity index (χ0n) is 18.0. The van der Waals surface area contributed by atoms with Gasteiger partial charge in [-0.05, 0) is 55.2 Å². The van der Waals surface area contributed by atoms with E-state index in [1.54, 1.807) is 0 Å². The number of anilines is 1. The zero-order valence-corrected chi connectivity index (χ0v) is 18.0. The van der Waals surface area contributed by atoms with Gasteiger partial charge in [0.15, 0.2) is 18.1 Å². The predicted molar refractivity (Wildman–Crippen MR) is 119 cm³/mol. The number of hydrogen-bond acceptors (Lipinski definition) is 4. The zero-order chi connectivity index (χ0) is 21.1. The largest absolute Gasteiger partial charge is 0.357 e. The van der Waals surface area contributed by atoms with Gasteiger partial charge in [0.05, 0.1) is 0 Å².